The Morgan fingerprint density at radius 3 is 2.87 bits per heavy atom. The summed E-state index contributed by atoms with van der Waals surface area (Å²) in [4.78, 5) is 17.8. The fourth-order valence-electron chi connectivity index (χ4n) is 2.16. The van der Waals surface area contributed by atoms with Crippen LogP contribution in [-0.2, 0) is 5.75 Å². The van der Waals surface area contributed by atoms with Crippen molar-refractivity contribution in [3.63, 3.8) is 0 Å². The minimum absolute atomic E-state index is 0.0861. The second-order valence-electron chi connectivity index (χ2n) is 5.09. The van der Waals surface area contributed by atoms with Gasteiger partial charge in [0.05, 0.1) is 16.8 Å². The highest BCUT2D eigenvalue weighted by atomic mass is 32.2. The van der Waals surface area contributed by atoms with Crippen molar-refractivity contribution in [2.45, 2.75) is 17.6 Å². The Labute approximate surface area is 143 Å². The molecule has 1 N–H and O–H groups in total. The van der Waals surface area contributed by atoms with E-state index in [4.69, 9.17) is 0 Å². The molecule has 1 heterocycles. The Hall–Kier alpha value is -2.11. The molecule has 0 aliphatic heterocycles. The van der Waals surface area contributed by atoms with E-state index in [9.17, 15) is 4.79 Å². The third kappa shape index (κ3) is 4.21. The number of thiazole rings is 1. The first-order chi connectivity index (χ1) is 11.2. The zero-order valence-corrected chi connectivity index (χ0v) is 14.3. The van der Waals surface area contributed by atoms with Crippen LogP contribution in [0.25, 0.3) is 0 Å². The zero-order chi connectivity index (χ0) is 16.1. The van der Waals surface area contributed by atoms with Gasteiger partial charge in [0, 0.05) is 21.7 Å². The Bertz CT molecular complexity index is 800. The number of aromatic nitrogens is 1. The van der Waals surface area contributed by atoms with Crippen molar-refractivity contribution in [3.8, 4) is 0 Å². The molecule has 0 saturated carbocycles. The number of hydrogen-bond donors (Lipinski definition) is 1. The molecule has 3 aromatic rings. The van der Waals surface area contributed by atoms with Gasteiger partial charge in [0.1, 0.15) is 0 Å². The molecule has 5 heteroatoms. The molecule has 1 aromatic heterocycles. The van der Waals surface area contributed by atoms with E-state index in [1.165, 1.54) is 0 Å². The van der Waals surface area contributed by atoms with Crippen LogP contribution in [-0.4, -0.2) is 10.9 Å². The van der Waals surface area contributed by atoms with E-state index in [0.29, 0.717) is 5.56 Å². The first kappa shape index (κ1) is 15.8. The molecule has 0 fully saturated rings. The highest BCUT2D eigenvalue weighted by Crippen LogP contribution is 2.27. The predicted octanol–water partition coefficient (Wildman–Crippen LogP) is 5.00. The first-order valence-corrected chi connectivity index (χ1v) is 9.12. The lowest BCUT2D eigenvalue weighted by Gasteiger charge is -2.10. The van der Waals surface area contributed by atoms with Gasteiger partial charge < -0.3 is 5.32 Å². The smallest absolute Gasteiger partial charge is 0.256 e. The molecule has 0 aliphatic carbocycles. The van der Waals surface area contributed by atoms with Gasteiger partial charge in [0.2, 0.25) is 0 Å². The van der Waals surface area contributed by atoms with Gasteiger partial charge in [-0.05, 0) is 36.8 Å². The van der Waals surface area contributed by atoms with Gasteiger partial charge in [-0.1, -0.05) is 24.3 Å². The zero-order valence-electron chi connectivity index (χ0n) is 12.7. The molecule has 0 unspecified atom stereocenters. The van der Waals surface area contributed by atoms with Crippen LogP contribution in [0.4, 0.5) is 5.69 Å². The van der Waals surface area contributed by atoms with Crippen molar-refractivity contribution in [1.82, 2.24) is 4.98 Å². The molecular weight excluding hydrogens is 324 g/mol. The summed E-state index contributed by atoms with van der Waals surface area (Å²) in [6, 6.07) is 15.5. The van der Waals surface area contributed by atoms with Crippen molar-refractivity contribution in [2.75, 3.05) is 5.32 Å². The molecule has 0 bridgehead atoms. The number of rotatable bonds is 5. The summed E-state index contributed by atoms with van der Waals surface area (Å²) in [6.07, 6.45) is 0. The molecule has 0 aliphatic rings. The topological polar surface area (TPSA) is 42.0 Å². The van der Waals surface area contributed by atoms with Crippen molar-refractivity contribution in [1.29, 1.82) is 0 Å². The van der Waals surface area contributed by atoms with E-state index in [0.717, 1.165) is 27.6 Å². The number of nitrogens with zero attached hydrogens (tertiary/aromatic N) is 1. The minimum Gasteiger partial charge on any atom is -0.322 e. The van der Waals surface area contributed by atoms with Crippen molar-refractivity contribution in [2.24, 2.45) is 0 Å². The van der Waals surface area contributed by atoms with Crippen LogP contribution in [0.5, 0.6) is 0 Å². The van der Waals surface area contributed by atoms with E-state index in [1.54, 1.807) is 23.1 Å². The molecule has 0 spiro atoms. The molecule has 0 saturated heterocycles. The van der Waals surface area contributed by atoms with Crippen LogP contribution in [0.1, 0.15) is 21.6 Å². The van der Waals surface area contributed by atoms with E-state index in [1.807, 2.05) is 66.3 Å². The van der Waals surface area contributed by atoms with Crippen LogP contribution < -0.4 is 5.32 Å². The maximum absolute atomic E-state index is 12.6. The van der Waals surface area contributed by atoms with Crippen LogP contribution in [0, 0.1) is 6.92 Å². The summed E-state index contributed by atoms with van der Waals surface area (Å²) in [7, 11) is 0. The van der Waals surface area contributed by atoms with E-state index in [2.05, 4.69) is 10.3 Å². The average Bonchev–Trinajstić information content (AvgIpc) is 3.06. The summed E-state index contributed by atoms with van der Waals surface area (Å²) < 4.78 is 0. The van der Waals surface area contributed by atoms with Gasteiger partial charge in [-0.15, -0.1) is 23.1 Å². The molecule has 0 radical (unpaired) electrons. The molecule has 3 rings (SSSR count). The Balaban J connectivity index is 1.75. The maximum atomic E-state index is 12.6. The first-order valence-electron chi connectivity index (χ1n) is 7.19. The number of nitrogens with one attached hydrogen (secondary N) is 1. The van der Waals surface area contributed by atoms with Gasteiger partial charge >= 0.3 is 0 Å². The number of hydrogen-bond acceptors (Lipinski definition) is 4. The van der Waals surface area contributed by atoms with Gasteiger partial charge in [0.15, 0.2) is 0 Å². The van der Waals surface area contributed by atoms with Gasteiger partial charge in [-0.25, -0.2) is 4.98 Å². The number of carbonyl (C=O) groups excluding carboxylic acids is 1. The van der Waals surface area contributed by atoms with Crippen LogP contribution in [0.2, 0.25) is 0 Å². The predicted molar refractivity (Wildman–Crippen MR) is 97.2 cm³/mol. The fraction of sp³-hybridized carbons (Fsp3) is 0.111. The normalized spacial score (nSPS) is 10.5. The molecule has 23 heavy (non-hydrogen) atoms. The lowest BCUT2D eigenvalue weighted by molar-refractivity contribution is 0.102. The standard InChI is InChI=1S/C18H16N2OS2/c1-13-5-4-6-14(9-13)20-18(21)16-7-2-3-8-17(16)23-11-15-10-22-12-19-15/h2-10,12H,11H2,1H3,(H,20,21). The Morgan fingerprint density at radius 1 is 1.22 bits per heavy atom. The van der Waals surface area contributed by atoms with Crippen LogP contribution in [0.3, 0.4) is 0 Å². The van der Waals surface area contributed by atoms with Crippen molar-refractivity contribution < 1.29 is 4.79 Å². The van der Waals surface area contributed by atoms with E-state index < -0.39 is 0 Å². The largest absolute Gasteiger partial charge is 0.322 e. The van der Waals surface area contributed by atoms with Gasteiger partial charge in [-0.2, -0.15) is 0 Å². The van der Waals surface area contributed by atoms with Crippen molar-refractivity contribution >= 4 is 34.7 Å². The lowest BCUT2D eigenvalue weighted by Crippen LogP contribution is -2.13. The monoisotopic (exact) mass is 340 g/mol. The Morgan fingerprint density at radius 2 is 2.09 bits per heavy atom. The second kappa shape index (κ2) is 7.44. The molecule has 2 aromatic carbocycles. The third-order valence-corrected chi connectivity index (χ3v) is 5.01. The van der Waals surface area contributed by atoms with Crippen LogP contribution >= 0.6 is 23.1 Å². The summed E-state index contributed by atoms with van der Waals surface area (Å²) in [5, 5.41) is 5.00. The summed E-state index contributed by atoms with van der Waals surface area (Å²) in [6.45, 7) is 2.01. The fourth-order valence-corrected chi connectivity index (χ4v) is 3.78. The minimum atomic E-state index is -0.0861. The number of aryl methyl sites for hydroxylation is 1. The molecule has 0 atom stereocenters. The number of amides is 1. The quantitative estimate of drug-likeness (QED) is 0.665. The summed E-state index contributed by atoms with van der Waals surface area (Å²) in [5.41, 5.74) is 5.48. The average molecular weight is 340 g/mol. The molecular formula is C18H16N2OS2. The van der Waals surface area contributed by atoms with Crippen LogP contribution in [0.15, 0.2) is 64.3 Å². The number of anilines is 1. The number of carbonyl (C=O) groups is 1. The van der Waals surface area contributed by atoms with Crippen molar-refractivity contribution in [3.05, 3.63) is 76.2 Å². The highest BCUT2D eigenvalue weighted by molar-refractivity contribution is 7.98. The second-order valence-corrected chi connectivity index (χ2v) is 6.82. The number of thioether (sulfide) groups is 1. The van der Waals surface area contributed by atoms with Gasteiger partial charge in [-0.3, -0.25) is 4.79 Å². The Kier molecular flexibility index (Phi) is 5.10. The lowest BCUT2D eigenvalue weighted by atomic mass is 10.2. The molecule has 1 amide bonds. The highest BCUT2D eigenvalue weighted by Gasteiger charge is 2.12. The SMILES string of the molecule is Cc1cccc(NC(=O)c2ccccc2SCc2cscn2)c1. The van der Waals surface area contributed by atoms with Gasteiger partial charge in [0.25, 0.3) is 5.91 Å². The number of benzene rings is 2. The maximum Gasteiger partial charge on any atom is 0.256 e. The summed E-state index contributed by atoms with van der Waals surface area (Å²) in [5.74, 6) is 0.676. The molecule has 116 valence electrons. The third-order valence-electron chi connectivity index (χ3n) is 3.27. The molecule has 3 nitrogen and oxygen atoms in total. The van der Waals surface area contributed by atoms with E-state index in [-0.39, 0.29) is 5.91 Å². The summed E-state index contributed by atoms with van der Waals surface area (Å²) >= 11 is 3.21. The van der Waals surface area contributed by atoms with E-state index >= 15 is 0 Å².